The topological polar surface area (TPSA) is 49.8 Å². The van der Waals surface area contributed by atoms with Gasteiger partial charge in [-0.25, -0.2) is 9.97 Å². The summed E-state index contributed by atoms with van der Waals surface area (Å²) in [5.74, 6) is 0.989. The molecule has 4 nitrogen and oxygen atoms in total. The van der Waals surface area contributed by atoms with Crippen LogP contribution in [-0.2, 0) is 0 Å². The lowest BCUT2D eigenvalue weighted by atomic mass is 10.0. The van der Waals surface area contributed by atoms with Gasteiger partial charge in [-0.05, 0) is 39.3 Å². The van der Waals surface area contributed by atoms with E-state index < -0.39 is 0 Å². The molecular weight excluding hydrogens is 244 g/mol. The SMILES string of the molecule is Cc1cc2c(NC3CCNC(C)C3)ncnc2s1. The highest BCUT2D eigenvalue weighted by Crippen LogP contribution is 2.28. The van der Waals surface area contributed by atoms with Crippen molar-refractivity contribution < 1.29 is 0 Å². The molecule has 3 rings (SSSR count). The number of rotatable bonds is 2. The molecule has 2 N–H and O–H groups in total. The summed E-state index contributed by atoms with van der Waals surface area (Å²) in [6.07, 6.45) is 3.96. The van der Waals surface area contributed by atoms with E-state index in [9.17, 15) is 0 Å². The van der Waals surface area contributed by atoms with E-state index in [1.54, 1.807) is 17.7 Å². The summed E-state index contributed by atoms with van der Waals surface area (Å²) in [6.45, 7) is 5.43. The van der Waals surface area contributed by atoms with Crippen molar-refractivity contribution >= 4 is 27.4 Å². The molecule has 3 heterocycles. The first-order chi connectivity index (χ1) is 8.72. The van der Waals surface area contributed by atoms with Gasteiger partial charge in [0.2, 0.25) is 0 Å². The van der Waals surface area contributed by atoms with Crippen LogP contribution < -0.4 is 10.6 Å². The number of nitrogens with one attached hydrogen (secondary N) is 2. The number of anilines is 1. The van der Waals surface area contributed by atoms with Gasteiger partial charge in [-0.1, -0.05) is 0 Å². The van der Waals surface area contributed by atoms with E-state index in [4.69, 9.17) is 0 Å². The van der Waals surface area contributed by atoms with E-state index in [-0.39, 0.29) is 0 Å². The van der Waals surface area contributed by atoms with E-state index in [0.717, 1.165) is 35.4 Å². The second-order valence-corrected chi connectivity index (χ2v) is 6.25. The quantitative estimate of drug-likeness (QED) is 0.873. The molecule has 96 valence electrons. The lowest BCUT2D eigenvalue weighted by Gasteiger charge is -2.29. The molecule has 2 aromatic rings. The highest BCUT2D eigenvalue weighted by Gasteiger charge is 2.19. The van der Waals surface area contributed by atoms with Crippen LogP contribution in [0.15, 0.2) is 12.4 Å². The molecule has 2 unspecified atom stereocenters. The van der Waals surface area contributed by atoms with Gasteiger partial charge in [-0.2, -0.15) is 0 Å². The molecule has 0 bridgehead atoms. The number of piperidine rings is 1. The maximum absolute atomic E-state index is 4.40. The molecule has 0 aromatic carbocycles. The first kappa shape index (κ1) is 11.9. The summed E-state index contributed by atoms with van der Waals surface area (Å²) in [4.78, 5) is 11.1. The van der Waals surface area contributed by atoms with Crippen LogP contribution in [0.1, 0.15) is 24.6 Å². The Bertz CT molecular complexity index is 551. The summed E-state index contributed by atoms with van der Waals surface area (Å²) in [5.41, 5.74) is 0. The van der Waals surface area contributed by atoms with E-state index in [1.165, 1.54) is 4.88 Å². The molecule has 1 aliphatic heterocycles. The highest BCUT2D eigenvalue weighted by molar-refractivity contribution is 7.18. The van der Waals surface area contributed by atoms with Crippen molar-refractivity contribution in [2.75, 3.05) is 11.9 Å². The van der Waals surface area contributed by atoms with E-state index in [0.29, 0.717) is 12.1 Å². The molecule has 2 aromatic heterocycles. The van der Waals surface area contributed by atoms with Crippen molar-refractivity contribution in [3.8, 4) is 0 Å². The summed E-state index contributed by atoms with van der Waals surface area (Å²) >= 11 is 1.73. The van der Waals surface area contributed by atoms with Crippen LogP contribution in [0, 0.1) is 6.92 Å². The minimum absolute atomic E-state index is 0.513. The number of aromatic nitrogens is 2. The van der Waals surface area contributed by atoms with E-state index in [2.05, 4.69) is 40.5 Å². The van der Waals surface area contributed by atoms with Crippen LogP contribution >= 0.6 is 11.3 Å². The first-order valence-electron chi connectivity index (χ1n) is 6.43. The number of hydrogen-bond acceptors (Lipinski definition) is 5. The molecule has 2 atom stereocenters. The number of aryl methyl sites for hydroxylation is 1. The fraction of sp³-hybridized carbons (Fsp3) is 0.538. The minimum atomic E-state index is 0.513. The number of fused-ring (bicyclic) bond motifs is 1. The van der Waals surface area contributed by atoms with Crippen LogP contribution in [0.25, 0.3) is 10.2 Å². The third-order valence-electron chi connectivity index (χ3n) is 3.42. The maximum Gasteiger partial charge on any atom is 0.138 e. The monoisotopic (exact) mass is 262 g/mol. The van der Waals surface area contributed by atoms with Crippen molar-refractivity contribution in [3.05, 3.63) is 17.3 Å². The fourth-order valence-corrected chi connectivity index (χ4v) is 3.39. The number of thiophene rings is 1. The molecule has 1 aliphatic rings. The van der Waals surface area contributed by atoms with Crippen molar-refractivity contribution in [2.24, 2.45) is 0 Å². The maximum atomic E-state index is 4.40. The zero-order valence-corrected chi connectivity index (χ0v) is 11.5. The fourth-order valence-electron chi connectivity index (χ4n) is 2.55. The van der Waals surface area contributed by atoms with Gasteiger partial charge in [0.15, 0.2) is 0 Å². The molecule has 0 radical (unpaired) electrons. The van der Waals surface area contributed by atoms with Gasteiger partial charge >= 0.3 is 0 Å². The Balaban J connectivity index is 1.85. The average molecular weight is 262 g/mol. The highest BCUT2D eigenvalue weighted by atomic mass is 32.1. The molecule has 1 saturated heterocycles. The molecule has 0 aliphatic carbocycles. The van der Waals surface area contributed by atoms with E-state index in [1.807, 2.05) is 0 Å². The summed E-state index contributed by atoms with van der Waals surface area (Å²) < 4.78 is 0. The van der Waals surface area contributed by atoms with Gasteiger partial charge in [-0.15, -0.1) is 11.3 Å². The van der Waals surface area contributed by atoms with Crippen molar-refractivity contribution in [1.29, 1.82) is 0 Å². The molecule has 0 saturated carbocycles. The van der Waals surface area contributed by atoms with Gasteiger partial charge in [0.05, 0.1) is 5.39 Å². The van der Waals surface area contributed by atoms with Gasteiger partial charge < -0.3 is 10.6 Å². The Morgan fingerprint density at radius 3 is 3.17 bits per heavy atom. The largest absolute Gasteiger partial charge is 0.367 e. The Morgan fingerprint density at radius 1 is 1.44 bits per heavy atom. The Hall–Kier alpha value is -1.20. The second kappa shape index (κ2) is 4.82. The number of hydrogen-bond donors (Lipinski definition) is 2. The molecule has 18 heavy (non-hydrogen) atoms. The van der Waals surface area contributed by atoms with Crippen LogP contribution in [0.3, 0.4) is 0 Å². The predicted octanol–water partition coefficient (Wildman–Crippen LogP) is 2.55. The normalized spacial score (nSPS) is 24.3. The third-order valence-corrected chi connectivity index (χ3v) is 4.38. The first-order valence-corrected chi connectivity index (χ1v) is 7.25. The molecule has 0 spiro atoms. The van der Waals surface area contributed by atoms with Gasteiger partial charge in [-0.3, -0.25) is 0 Å². The average Bonchev–Trinajstić information content (AvgIpc) is 2.71. The molecule has 5 heteroatoms. The van der Waals surface area contributed by atoms with Crippen molar-refractivity contribution in [1.82, 2.24) is 15.3 Å². The van der Waals surface area contributed by atoms with Crippen LogP contribution in [0.2, 0.25) is 0 Å². The Kier molecular flexibility index (Phi) is 3.18. The number of nitrogens with zero attached hydrogens (tertiary/aromatic N) is 2. The summed E-state index contributed by atoms with van der Waals surface area (Å²) in [7, 11) is 0. The smallest absolute Gasteiger partial charge is 0.138 e. The van der Waals surface area contributed by atoms with Crippen LogP contribution in [0.5, 0.6) is 0 Å². The summed E-state index contributed by atoms with van der Waals surface area (Å²) in [6, 6.07) is 3.27. The predicted molar refractivity (Wildman–Crippen MR) is 76.3 cm³/mol. The van der Waals surface area contributed by atoms with Gasteiger partial charge in [0.1, 0.15) is 17.0 Å². The van der Waals surface area contributed by atoms with Crippen molar-refractivity contribution in [2.45, 2.75) is 38.8 Å². The van der Waals surface area contributed by atoms with Crippen LogP contribution in [0.4, 0.5) is 5.82 Å². The minimum Gasteiger partial charge on any atom is -0.367 e. The van der Waals surface area contributed by atoms with E-state index >= 15 is 0 Å². The van der Waals surface area contributed by atoms with Gasteiger partial charge in [0, 0.05) is 17.0 Å². The lowest BCUT2D eigenvalue weighted by molar-refractivity contribution is 0.396. The van der Waals surface area contributed by atoms with Gasteiger partial charge in [0.25, 0.3) is 0 Å². The third kappa shape index (κ3) is 2.33. The molecule has 1 fully saturated rings. The molecule has 0 amide bonds. The lowest BCUT2D eigenvalue weighted by Crippen LogP contribution is -2.41. The second-order valence-electron chi connectivity index (χ2n) is 5.02. The zero-order valence-electron chi connectivity index (χ0n) is 10.7. The standard InChI is InChI=1S/C13H18N4S/c1-8-5-10(3-4-14-8)17-12-11-6-9(2)18-13(11)16-7-15-12/h6-8,10,14H,3-5H2,1-2H3,(H,15,16,17). The Labute approximate surface area is 111 Å². The van der Waals surface area contributed by atoms with Crippen LogP contribution in [-0.4, -0.2) is 28.6 Å². The zero-order chi connectivity index (χ0) is 12.5. The Morgan fingerprint density at radius 2 is 2.33 bits per heavy atom. The summed E-state index contributed by atoms with van der Waals surface area (Å²) in [5, 5.41) is 8.21. The molecular formula is C13H18N4S. The van der Waals surface area contributed by atoms with Crippen molar-refractivity contribution in [3.63, 3.8) is 0 Å².